The van der Waals surface area contributed by atoms with E-state index < -0.39 is 0 Å². The summed E-state index contributed by atoms with van der Waals surface area (Å²) in [5, 5.41) is 7.45. The summed E-state index contributed by atoms with van der Waals surface area (Å²) >= 11 is 1.86. The van der Waals surface area contributed by atoms with E-state index in [1.54, 1.807) is 0 Å². The largest absolute Gasteiger partial charge is 0.454 e. The molecule has 0 aliphatic heterocycles. The standard InChI is InChI=1S/C34H21NOS/c1-2-9-23(10-3-1)35(29-14-8-13-27-26-11-4-6-15-30(26)36-34(27)29)24-18-19-25-22(21-24)17-20-32-33(25)28-12-5-7-16-31(28)37-32/h1-21H. The normalized spacial score (nSPS) is 11.8. The minimum Gasteiger partial charge on any atom is -0.454 e. The van der Waals surface area contributed by atoms with Gasteiger partial charge in [0.15, 0.2) is 5.58 Å². The Balaban J connectivity index is 1.40. The van der Waals surface area contributed by atoms with Gasteiger partial charge in [-0.2, -0.15) is 0 Å². The molecule has 8 rings (SSSR count). The molecule has 2 nitrogen and oxygen atoms in total. The molecule has 0 bridgehead atoms. The van der Waals surface area contributed by atoms with Crippen molar-refractivity contribution in [1.29, 1.82) is 0 Å². The predicted molar refractivity (Wildman–Crippen MR) is 159 cm³/mol. The molecule has 0 atom stereocenters. The first kappa shape index (κ1) is 20.6. The monoisotopic (exact) mass is 491 g/mol. The summed E-state index contributed by atoms with van der Waals surface area (Å²) in [6.07, 6.45) is 0. The van der Waals surface area contributed by atoms with Gasteiger partial charge in [0.25, 0.3) is 0 Å². The Kier molecular flexibility index (Phi) is 4.42. The molecule has 0 unspecified atom stereocenters. The van der Waals surface area contributed by atoms with Crippen LogP contribution in [0.4, 0.5) is 17.1 Å². The summed E-state index contributed by atoms with van der Waals surface area (Å²) in [6.45, 7) is 0. The van der Waals surface area contributed by atoms with Crippen LogP contribution in [0.5, 0.6) is 0 Å². The molecule has 0 N–H and O–H groups in total. The number of thiophene rings is 1. The topological polar surface area (TPSA) is 16.4 Å². The maximum Gasteiger partial charge on any atom is 0.159 e. The van der Waals surface area contributed by atoms with Gasteiger partial charge in [-0.3, -0.25) is 0 Å². The number of hydrogen-bond acceptors (Lipinski definition) is 3. The highest BCUT2D eigenvalue weighted by Crippen LogP contribution is 2.44. The van der Waals surface area contributed by atoms with E-state index in [9.17, 15) is 0 Å². The molecule has 6 aromatic carbocycles. The fourth-order valence-electron chi connectivity index (χ4n) is 5.59. The van der Waals surface area contributed by atoms with Crippen molar-refractivity contribution in [1.82, 2.24) is 0 Å². The quantitative estimate of drug-likeness (QED) is 0.244. The summed E-state index contributed by atoms with van der Waals surface area (Å²) in [4.78, 5) is 2.31. The van der Waals surface area contributed by atoms with Crippen LogP contribution in [-0.2, 0) is 0 Å². The third-order valence-electron chi connectivity index (χ3n) is 7.24. The van der Waals surface area contributed by atoms with Crippen molar-refractivity contribution >= 4 is 81.3 Å². The van der Waals surface area contributed by atoms with E-state index in [2.05, 4.69) is 120 Å². The van der Waals surface area contributed by atoms with Gasteiger partial charge < -0.3 is 9.32 Å². The van der Waals surface area contributed by atoms with Crippen LogP contribution in [0.25, 0.3) is 52.9 Å². The van der Waals surface area contributed by atoms with E-state index >= 15 is 0 Å². The molecular weight excluding hydrogens is 470 g/mol. The van der Waals surface area contributed by atoms with Crippen LogP contribution >= 0.6 is 11.3 Å². The van der Waals surface area contributed by atoms with Crippen LogP contribution in [-0.4, -0.2) is 0 Å². The lowest BCUT2D eigenvalue weighted by Crippen LogP contribution is -2.10. The molecule has 0 radical (unpaired) electrons. The van der Waals surface area contributed by atoms with Gasteiger partial charge in [0.05, 0.1) is 5.69 Å². The number of nitrogens with zero attached hydrogens (tertiary/aromatic N) is 1. The Morgan fingerprint density at radius 2 is 1.30 bits per heavy atom. The molecule has 0 fully saturated rings. The van der Waals surface area contributed by atoms with E-state index in [1.165, 1.54) is 30.9 Å². The van der Waals surface area contributed by atoms with E-state index in [0.717, 1.165) is 39.0 Å². The summed E-state index contributed by atoms with van der Waals surface area (Å²) in [6, 6.07) is 45.3. The van der Waals surface area contributed by atoms with Gasteiger partial charge in [-0.1, -0.05) is 78.9 Å². The Bertz CT molecular complexity index is 2100. The minimum atomic E-state index is 0.895. The van der Waals surface area contributed by atoms with Crippen molar-refractivity contribution in [3.63, 3.8) is 0 Å². The Labute approximate surface area is 217 Å². The van der Waals surface area contributed by atoms with Crippen molar-refractivity contribution in [2.75, 3.05) is 4.90 Å². The first-order valence-electron chi connectivity index (χ1n) is 12.4. The zero-order valence-electron chi connectivity index (χ0n) is 19.9. The minimum absolute atomic E-state index is 0.895. The van der Waals surface area contributed by atoms with E-state index in [1.807, 2.05) is 23.5 Å². The highest BCUT2D eigenvalue weighted by atomic mass is 32.1. The second-order valence-corrected chi connectivity index (χ2v) is 10.4. The summed E-state index contributed by atoms with van der Waals surface area (Å²) < 4.78 is 9.11. The lowest BCUT2D eigenvalue weighted by Gasteiger charge is -2.26. The Morgan fingerprint density at radius 1 is 0.514 bits per heavy atom. The van der Waals surface area contributed by atoms with Crippen molar-refractivity contribution in [3.05, 3.63) is 127 Å². The summed E-state index contributed by atoms with van der Waals surface area (Å²) in [7, 11) is 0. The molecule has 2 heterocycles. The number of anilines is 3. The Morgan fingerprint density at radius 3 is 2.22 bits per heavy atom. The Hall–Kier alpha value is -4.60. The van der Waals surface area contributed by atoms with Gasteiger partial charge in [-0.15, -0.1) is 11.3 Å². The van der Waals surface area contributed by atoms with Gasteiger partial charge >= 0.3 is 0 Å². The maximum absolute atomic E-state index is 6.45. The molecule has 0 saturated heterocycles. The number of fused-ring (bicyclic) bond motifs is 8. The van der Waals surface area contributed by atoms with Crippen LogP contribution in [0.3, 0.4) is 0 Å². The van der Waals surface area contributed by atoms with Crippen molar-refractivity contribution in [2.24, 2.45) is 0 Å². The molecule has 2 aromatic heterocycles. The average Bonchev–Trinajstić information content (AvgIpc) is 3.53. The van der Waals surface area contributed by atoms with Gasteiger partial charge in [0.2, 0.25) is 0 Å². The molecule has 0 aliphatic carbocycles. The number of furan rings is 1. The second kappa shape index (κ2) is 7.95. The van der Waals surface area contributed by atoms with Crippen molar-refractivity contribution < 1.29 is 4.42 Å². The first-order valence-corrected chi connectivity index (χ1v) is 13.3. The van der Waals surface area contributed by atoms with E-state index in [0.29, 0.717) is 0 Å². The lowest BCUT2D eigenvalue weighted by molar-refractivity contribution is 0.669. The fraction of sp³-hybridized carbons (Fsp3) is 0. The molecule has 37 heavy (non-hydrogen) atoms. The van der Waals surface area contributed by atoms with E-state index in [-0.39, 0.29) is 0 Å². The zero-order valence-corrected chi connectivity index (χ0v) is 20.7. The predicted octanol–water partition coefficient (Wildman–Crippen LogP) is 10.6. The zero-order chi connectivity index (χ0) is 24.3. The molecule has 0 spiro atoms. The molecule has 8 aromatic rings. The molecule has 3 heteroatoms. The van der Waals surface area contributed by atoms with Gasteiger partial charge in [0, 0.05) is 42.3 Å². The summed E-state index contributed by atoms with van der Waals surface area (Å²) in [5.41, 5.74) is 5.03. The van der Waals surface area contributed by atoms with Gasteiger partial charge in [0.1, 0.15) is 5.58 Å². The van der Waals surface area contributed by atoms with E-state index in [4.69, 9.17) is 4.42 Å². The summed E-state index contributed by atoms with van der Waals surface area (Å²) in [5.74, 6) is 0. The van der Waals surface area contributed by atoms with Gasteiger partial charge in [-0.25, -0.2) is 0 Å². The van der Waals surface area contributed by atoms with Crippen LogP contribution in [0.15, 0.2) is 132 Å². The smallest absolute Gasteiger partial charge is 0.159 e. The number of benzene rings is 6. The van der Waals surface area contributed by atoms with Crippen LogP contribution in [0.2, 0.25) is 0 Å². The number of hydrogen-bond donors (Lipinski definition) is 0. The fourth-order valence-corrected chi connectivity index (χ4v) is 6.71. The SMILES string of the molecule is c1ccc(N(c2ccc3c(ccc4sc5ccccc5c43)c2)c2cccc3c2oc2ccccc23)cc1. The van der Waals surface area contributed by atoms with Crippen LogP contribution < -0.4 is 4.90 Å². The van der Waals surface area contributed by atoms with Gasteiger partial charge in [-0.05, 0) is 59.3 Å². The van der Waals surface area contributed by atoms with Crippen molar-refractivity contribution in [2.45, 2.75) is 0 Å². The average molecular weight is 492 g/mol. The highest BCUT2D eigenvalue weighted by Gasteiger charge is 2.19. The molecule has 0 aliphatic rings. The molecular formula is C34H21NOS. The third-order valence-corrected chi connectivity index (χ3v) is 8.37. The van der Waals surface area contributed by atoms with Crippen LogP contribution in [0.1, 0.15) is 0 Å². The lowest BCUT2D eigenvalue weighted by atomic mass is 10.0. The molecule has 0 saturated carbocycles. The van der Waals surface area contributed by atoms with Crippen molar-refractivity contribution in [3.8, 4) is 0 Å². The van der Waals surface area contributed by atoms with Crippen LogP contribution in [0, 0.1) is 0 Å². The third kappa shape index (κ3) is 3.11. The number of para-hydroxylation sites is 3. The molecule has 0 amide bonds. The first-order chi connectivity index (χ1) is 18.3. The molecule has 174 valence electrons. The number of rotatable bonds is 3. The maximum atomic E-state index is 6.45. The highest BCUT2D eigenvalue weighted by molar-refractivity contribution is 7.26. The second-order valence-electron chi connectivity index (χ2n) is 9.37.